The first kappa shape index (κ1) is 12.5. The molecule has 0 heterocycles. The normalized spacial score (nSPS) is 14.2. The molecule has 0 fully saturated rings. The van der Waals surface area contributed by atoms with Gasteiger partial charge in [0.25, 0.3) is 0 Å². The number of nitrogens with zero attached hydrogens (tertiary/aromatic N) is 1. The molecule has 0 aliphatic rings. The molecular formula is C9H17N3O2. The van der Waals surface area contributed by atoms with Gasteiger partial charge in [0.15, 0.2) is 0 Å². The Morgan fingerprint density at radius 2 is 1.93 bits per heavy atom. The van der Waals surface area contributed by atoms with Gasteiger partial charge in [-0.1, -0.05) is 20.8 Å². The Balaban J connectivity index is 4.50. The number of carbonyl (C=O) groups excluding carboxylic acids is 1. The largest absolute Gasteiger partial charge is 0.512 e. The molecule has 1 amide bonds. The Hall–Kier alpha value is -1.52. The van der Waals surface area contributed by atoms with E-state index in [9.17, 15) is 9.90 Å². The molecule has 14 heavy (non-hydrogen) atoms. The van der Waals surface area contributed by atoms with E-state index in [0.29, 0.717) is 0 Å². The van der Waals surface area contributed by atoms with Crippen LogP contribution in [0, 0.1) is 5.41 Å². The molecular weight excluding hydrogens is 182 g/mol. The maximum Gasteiger partial charge on any atom is 0.239 e. The predicted molar refractivity (Wildman–Crippen MR) is 55.9 cm³/mol. The van der Waals surface area contributed by atoms with Crippen molar-refractivity contribution in [2.45, 2.75) is 20.8 Å². The van der Waals surface area contributed by atoms with Crippen LogP contribution in [-0.4, -0.2) is 23.4 Å². The quantitative estimate of drug-likeness (QED) is 0.346. The summed E-state index contributed by atoms with van der Waals surface area (Å²) in [4.78, 5) is 14.0. The molecule has 5 nitrogen and oxygen atoms in total. The second kappa shape index (κ2) is 4.64. The summed E-state index contributed by atoms with van der Waals surface area (Å²) in [5.41, 5.74) is 9.92. The summed E-state index contributed by atoms with van der Waals surface area (Å²) < 4.78 is 0. The maximum absolute atomic E-state index is 10.4. The molecule has 0 saturated carbocycles. The number of hydrogen-bond acceptors (Lipinski definition) is 3. The SMILES string of the molecule is CC(C)(C)/C(O)=C/C(N)=NCC(N)=O. The Kier molecular flexibility index (Phi) is 4.14. The minimum atomic E-state index is -0.559. The lowest BCUT2D eigenvalue weighted by Crippen LogP contribution is -2.19. The van der Waals surface area contributed by atoms with Crippen LogP contribution in [0.3, 0.4) is 0 Å². The number of nitrogens with two attached hydrogens (primary N) is 2. The highest BCUT2D eigenvalue weighted by Crippen LogP contribution is 2.21. The summed E-state index contributed by atoms with van der Waals surface area (Å²) in [6, 6.07) is 0. The summed E-state index contributed by atoms with van der Waals surface area (Å²) in [6.45, 7) is 5.33. The third-order valence-electron chi connectivity index (χ3n) is 1.47. The Morgan fingerprint density at radius 3 is 2.29 bits per heavy atom. The lowest BCUT2D eigenvalue weighted by Gasteiger charge is -2.16. The summed E-state index contributed by atoms with van der Waals surface area (Å²) in [5, 5.41) is 9.51. The van der Waals surface area contributed by atoms with Crippen LogP contribution in [0.5, 0.6) is 0 Å². The van der Waals surface area contributed by atoms with Crippen molar-refractivity contribution in [2.24, 2.45) is 21.9 Å². The van der Waals surface area contributed by atoms with Gasteiger partial charge in [-0.3, -0.25) is 9.79 Å². The minimum absolute atomic E-state index is 0.0937. The first-order valence-corrected chi connectivity index (χ1v) is 4.23. The molecule has 0 aromatic heterocycles. The second-order valence-corrected chi connectivity index (χ2v) is 3.99. The van der Waals surface area contributed by atoms with Crippen LogP contribution in [0.25, 0.3) is 0 Å². The summed E-state index contributed by atoms with van der Waals surface area (Å²) in [5.74, 6) is -0.351. The number of aliphatic hydroxyl groups is 1. The van der Waals surface area contributed by atoms with Crippen LogP contribution in [0.1, 0.15) is 20.8 Å². The van der Waals surface area contributed by atoms with E-state index in [1.165, 1.54) is 6.08 Å². The molecule has 0 aromatic rings. The fourth-order valence-electron chi connectivity index (χ4n) is 0.571. The molecule has 0 radical (unpaired) electrons. The first-order valence-electron chi connectivity index (χ1n) is 4.23. The van der Waals surface area contributed by atoms with E-state index in [0.717, 1.165) is 0 Å². The lowest BCUT2D eigenvalue weighted by atomic mass is 9.93. The first-order chi connectivity index (χ1) is 6.23. The van der Waals surface area contributed by atoms with Gasteiger partial charge in [-0.05, 0) is 0 Å². The van der Waals surface area contributed by atoms with Crippen molar-refractivity contribution in [3.05, 3.63) is 11.8 Å². The third-order valence-corrected chi connectivity index (χ3v) is 1.47. The minimum Gasteiger partial charge on any atom is -0.512 e. The van der Waals surface area contributed by atoms with Gasteiger partial charge < -0.3 is 16.6 Å². The molecule has 0 atom stereocenters. The van der Waals surface area contributed by atoms with Crippen molar-refractivity contribution in [1.29, 1.82) is 0 Å². The van der Waals surface area contributed by atoms with E-state index in [2.05, 4.69) is 4.99 Å². The number of aliphatic imine (C=N–C) groups is 1. The molecule has 0 aliphatic heterocycles. The maximum atomic E-state index is 10.4. The number of amides is 1. The number of primary amides is 1. The fourth-order valence-corrected chi connectivity index (χ4v) is 0.571. The van der Waals surface area contributed by atoms with E-state index < -0.39 is 5.91 Å². The van der Waals surface area contributed by atoms with Gasteiger partial charge in [-0.25, -0.2) is 0 Å². The van der Waals surface area contributed by atoms with E-state index in [-0.39, 0.29) is 23.6 Å². The van der Waals surface area contributed by atoms with Crippen molar-refractivity contribution >= 4 is 11.7 Å². The molecule has 80 valence electrons. The zero-order valence-corrected chi connectivity index (χ0v) is 8.74. The zero-order valence-electron chi connectivity index (χ0n) is 8.74. The monoisotopic (exact) mass is 199 g/mol. The van der Waals surface area contributed by atoms with Crippen LogP contribution in [0.4, 0.5) is 0 Å². The second-order valence-electron chi connectivity index (χ2n) is 3.99. The molecule has 5 heteroatoms. The van der Waals surface area contributed by atoms with Crippen molar-refractivity contribution in [1.82, 2.24) is 0 Å². The zero-order chi connectivity index (χ0) is 11.4. The number of amidine groups is 1. The van der Waals surface area contributed by atoms with Gasteiger partial charge in [0.05, 0.1) is 0 Å². The summed E-state index contributed by atoms with van der Waals surface area (Å²) in [7, 11) is 0. The van der Waals surface area contributed by atoms with Crippen LogP contribution >= 0.6 is 0 Å². The number of aliphatic hydroxyl groups excluding tert-OH is 1. The van der Waals surface area contributed by atoms with Crippen molar-refractivity contribution in [3.63, 3.8) is 0 Å². The Bertz CT molecular complexity index is 274. The third kappa shape index (κ3) is 5.18. The molecule has 0 bridgehead atoms. The molecule has 0 aromatic carbocycles. The van der Waals surface area contributed by atoms with E-state index in [4.69, 9.17) is 11.5 Å². The van der Waals surface area contributed by atoms with Gasteiger partial charge in [0, 0.05) is 11.5 Å². The van der Waals surface area contributed by atoms with Crippen molar-refractivity contribution < 1.29 is 9.90 Å². The lowest BCUT2D eigenvalue weighted by molar-refractivity contribution is -0.116. The Morgan fingerprint density at radius 1 is 1.43 bits per heavy atom. The number of rotatable bonds is 3. The number of allylic oxidation sites excluding steroid dienone is 1. The number of hydrogen-bond donors (Lipinski definition) is 3. The van der Waals surface area contributed by atoms with Gasteiger partial charge in [0.2, 0.25) is 5.91 Å². The molecule has 0 unspecified atom stereocenters. The van der Waals surface area contributed by atoms with E-state index in [1.54, 1.807) is 0 Å². The van der Waals surface area contributed by atoms with Gasteiger partial charge in [-0.15, -0.1) is 0 Å². The molecule has 0 saturated heterocycles. The van der Waals surface area contributed by atoms with Crippen molar-refractivity contribution in [2.75, 3.05) is 6.54 Å². The number of carbonyl (C=O) groups is 1. The summed E-state index contributed by atoms with van der Waals surface area (Å²) >= 11 is 0. The molecule has 5 N–H and O–H groups in total. The highest BCUT2D eigenvalue weighted by molar-refractivity contribution is 5.93. The van der Waals surface area contributed by atoms with Crippen LogP contribution in [-0.2, 0) is 4.79 Å². The topological polar surface area (TPSA) is 102 Å². The van der Waals surface area contributed by atoms with Crippen LogP contribution in [0.2, 0.25) is 0 Å². The highest BCUT2D eigenvalue weighted by Gasteiger charge is 2.15. The molecule has 0 spiro atoms. The average Bonchev–Trinajstić information content (AvgIpc) is 1.99. The van der Waals surface area contributed by atoms with Gasteiger partial charge in [0.1, 0.15) is 18.1 Å². The summed E-state index contributed by atoms with van der Waals surface area (Å²) in [6.07, 6.45) is 1.32. The smallest absolute Gasteiger partial charge is 0.239 e. The van der Waals surface area contributed by atoms with Gasteiger partial charge in [-0.2, -0.15) is 0 Å². The van der Waals surface area contributed by atoms with E-state index in [1.807, 2.05) is 20.8 Å². The standard InChI is InChI=1S/C9H17N3O2/c1-9(2,3)6(13)4-7(10)12-5-8(11)14/h4,13H,5H2,1-3H3,(H2,10,12)(H2,11,14)/b6-4-. The average molecular weight is 199 g/mol. The van der Waals surface area contributed by atoms with E-state index >= 15 is 0 Å². The van der Waals surface area contributed by atoms with Crippen LogP contribution in [0.15, 0.2) is 16.8 Å². The Labute approximate surface area is 83.5 Å². The van der Waals surface area contributed by atoms with Crippen molar-refractivity contribution in [3.8, 4) is 0 Å². The molecule has 0 rings (SSSR count). The fraction of sp³-hybridized carbons (Fsp3) is 0.556. The predicted octanol–water partition coefficient (Wildman–Crippen LogP) is 0.317. The van der Waals surface area contributed by atoms with Crippen LogP contribution < -0.4 is 11.5 Å². The van der Waals surface area contributed by atoms with Gasteiger partial charge >= 0.3 is 0 Å². The molecule has 0 aliphatic carbocycles. The highest BCUT2D eigenvalue weighted by atomic mass is 16.3.